The smallest absolute Gasteiger partial charge is 0.0642 e. The van der Waals surface area contributed by atoms with E-state index in [2.05, 4.69) is 53.2 Å². The molecule has 3 nitrogen and oxygen atoms in total. The van der Waals surface area contributed by atoms with Crippen molar-refractivity contribution in [1.29, 1.82) is 0 Å². The first-order chi connectivity index (χ1) is 9.31. The van der Waals surface area contributed by atoms with Crippen LogP contribution in [0.1, 0.15) is 13.3 Å². The number of benzene rings is 1. The molecule has 0 amide bonds. The summed E-state index contributed by atoms with van der Waals surface area (Å²) in [5.41, 5.74) is 2.56. The van der Waals surface area contributed by atoms with Gasteiger partial charge in [0.25, 0.3) is 0 Å². The van der Waals surface area contributed by atoms with Gasteiger partial charge in [-0.1, -0.05) is 6.92 Å². The van der Waals surface area contributed by atoms with Gasteiger partial charge in [-0.2, -0.15) is 11.8 Å². The zero-order valence-electron chi connectivity index (χ0n) is 11.5. The van der Waals surface area contributed by atoms with Crippen LogP contribution >= 0.6 is 11.8 Å². The molecule has 3 rings (SSSR count). The predicted octanol–water partition coefficient (Wildman–Crippen LogP) is 2.83. The molecule has 2 unspecified atom stereocenters. The van der Waals surface area contributed by atoms with Crippen LogP contribution < -0.4 is 10.2 Å². The quantitative estimate of drug-likeness (QED) is 0.919. The molecule has 1 aromatic carbocycles. The first-order valence-corrected chi connectivity index (χ1v) is 8.17. The molecule has 1 aromatic rings. The van der Waals surface area contributed by atoms with Crippen molar-refractivity contribution < 1.29 is 4.74 Å². The highest BCUT2D eigenvalue weighted by atomic mass is 32.2. The first-order valence-electron chi connectivity index (χ1n) is 7.12. The van der Waals surface area contributed by atoms with Gasteiger partial charge in [0.15, 0.2) is 0 Å². The topological polar surface area (TPSA) is 24.5 Å². The molecular formula is C15H22N2OS. The number of thioether (sulfide) groups is 1. The fourth-order valence-electron chi connectivity index (χ4n) is 2.74. The van der Waals surface area contributed by atoms with Gasteiger partial charge in [0.1, 0.15) is 0 Å². The highest BCUT2D eigenvalue weighted by molar-refractivity contribution is 8.00. The minimum atomic E-state index is 0.634. The van der Waals surface area contributed by atoms with E-state index >= 15 is 0 Å². The maximum Gasteiger partial charge on any atom is 0.0642 e. The third-order valence-corrected chi connectivity index (χ3v) is 5.17. The fourth-order valence-corrected chi connectivity index (χ4v) is 3.89. The number of morpholine rings is 1. The second kappa shape index (κ2) is 6.06. The largest absolute Gasteiger partial charge is 0.381 e. The second-order valence-electron chi connectivity index (χ2n) is 5.37. The molecule has 19 heavy (non-hydrogen) atoms. The van der Waals surface area contributed by atoms with E-state index in [9.17, 15) is 0 Å². The van der Waals surface area contributed by atoms with Crippen molar-refractivity contribution >= 4 is 23.1 Å². The van der Waals surface area contributed by atoms with Gasteiger partial charge in [-0.05, 0) is 30.7 Å². The summed E-state index contributed by atoms with van der Waals surface area (Å²) in [6, 6.07) is 9.49. The molecule has 2 heterocycles. The summed E-state index contributed by atoms with van der Waals surface area (Å²) in [7, 11) is 0. The number of anilines is 2. The van der Waals surface area contributed by atoms with Gasteiger partial charge >= 0.3 is 0 Å². The maximum absolute atomic E-state index is 5.39. The van der Waals surface area contributed by atoms with Crippen molar-refractivity contribution in [3.05, 3.63) is 24.3 Å². The molecule has 0 spiro atoms. The predicted molar refractivity (Wildman–Crippen MR) is 83.4 cm³/mol. The molecule has 2 saturated heterocycles. The lowest BCUT2D eigenvalue weighted by Crippen LogP contribution is -2.36. The highest BCUT2D eigenvalue weighted by Gasteiger charge is 2.21. The number of nitrogens with zero attached hydrogens (tertiary/aromatic N) is 1. The summed E-state index contributed by atoms with van der Waals surface area (Å²) in [4.78, 5) is 2.39. The average Bonchev–Trinajstić information content (AvgIpc) is 2.86. The first kappa shape index (κ1) is 13.1. The molecule has 2 fully saturated rings. The van der Waals surface area contributed by atoms with Crippen LogP contribution in [0.4, 0.5) is 11.4 Å². The van der Waals surface area contributed by atoms with Crippen LogP contribution in [0.15, 0.2) is 24.3 Å². The van der Waals surface area contributed by atoms with Crippen molar-refractivity contribution in [1.82, 2.24) is 0 Å². The maximum atomic E-state index is 5.39. The lowest BCUT2D eigenvalue weighted by atomic mass is 10.2. The lowest BCUT2D eigenvalue weighted by Gasteiger charge is -2.29. The Kier molecular flexibility index (Phi) is 4.18. The Labute approximate surface area is 119 Å². The molecule has 2 aliphatic heterocycles. The molecule has 0 radical (unpaired) electrons. The molecule has 4 heteroatoms. The SMILES string of the molecule is CC1CC(Nc2ccc(N3CCOCC3)cc2)CS1. The molecule has 0 aromatic heterocycles. The van der Waals surface area contributed by atoms with Crippen molar-refractivity contribution in [2.24, 2.45) is 0 Å². The molecule has 0 bridgehead atoms. The van der Waals surface area contributed by atoms with Gasteiger partial charge in [-0.15, -0.1) is 0 Å². The summed E-state index contributed by atoms with van der Waals surface area (Å²) in [6.45, 7) is 6.01. The van der Waals surface area contributed by atoms with Gasteiger partial charge in [0, 0.05) is 41.5 Å². The minimum absolute atomic E-state index is 0.634. The second-order valence-corrected chi connectivity index (χ2v) is 6.84. The van der Waals surface area contributed by atoms with E-state index in [1.165, 1.54) is 23.5 Å². The number of nitrogens with one attached hydrogen (secondary N) is 1. The van der Waals surface area contributed by atoms with E-state index in [-0.39, 0.29) is 0 Å². The Morgan fingerprint density at radius 1 is 1.21 bits per heavy atom. The van der Waals surface area contributed by atoms with E-state index < -0.39 is 0 Å². The summed E-state index contributed by atoms with van der Waals surface area (Å²) >= 11 is 2.07. The molecule has 2 aliphatic rings. The van der Waals surface area contributed by atoms with Crippen LogP contribution in [0.2, 0.25) is 0 Å². The molecule has 0 saturated carbocycles. The third kappa shape index (κ3) is 3.37. The van der Waals surface area contributed by atoms with E-state index in [1.54, 1.807) is 0 Å². The van der Waals surface area contributed by atoms with Gasteiger partial charge in [0.2, 0.25) is 0 Å². The minimum Gasteiger partial charge on any atom is -0.381 e. The van der Waals surface area contributed by atoms with Gasteiger partial charge in [-0.25, -0.2) is 0 Å². The normalized spacial score (nSPS) is 27.5. The number of rotatable bonds is 3. The van der Waals surface area contributed by atoms with Gasteiger partial charge in [0.05, 0.1) is 13.2 Å². The fraction of sp³-hybridized carbons (Fsp3) is 0.600. The van der Waals surface area contributed by atoms with Crippen LogP contribution in [-0.2, 0) is 4.74 Å². The van der Waals surface area contributed by atoms with E-state index in [4.69, 9.17) is 4.74 Å². The van der Waals surface area contributed by atoms with Crippen LogP contribution in [0, 0.1) is 0 Å². The van der Waals surface area contributed by atoms with Crippen LogP contribution in [0.25, 0.3) is 0 Å². The zero-order chi connectivity index (χ0) is 13.1. The number of hydrogen-bond donors (Lipinski definition) is 1. The molecule has 0 aliphatic carbocycles. The van der Waals surface area contributed by atoms with Gasteiger partial charge < -0.3 is 15.0 Å². The van der Waals surface area contributed by atoms with Crippen LogP contribution in [-0.4, -0.2) is 43.3 Å². The van der Waals surface area contributed by atoms with Crippen molar-refractivity contribution in [3.63, 3.8) is 0 Å². The third-order valence-electron chi connectivity index (χ3n) is 3.81. The Morgan fingerprint density at radius 2 is 1.95 bits per heavy atom. The zero-order valence-corrected chi connectivity index (χ0v) is 12.3. The van der Waals surface area contributed by atoms with Crippen molar-refractivity contribution in [2.75, 3.05) is 42.3 Å². The Morgan fingerprint density at radius 3 is 2.58 bits per heavy atom. The van der Waals surface area contributed by atoms with Gasteiger partial charge in [-0.3, -0.25) is 0 Å². The molecule has 1 N–H and O–H groups in total. The number of ether oxygens (including phenoxy) is 1. The Hall–Kier alpha value is -0.870. The van der Waals surface area contributed by atoms with Crippen molar-refractivity contribution in [2.45, 2.75) is 24.6 Å². The van der Waals surface area contributed by atoms with Crippen molar-refractivity contribution in [3.8, 4) is 0 Å². The van der Waals surface area contributed by atoms with Crippen LogP contribution in [0.5, 0.6) is 0 Å². The van der Waals surface area contributed by atoms with E-state index in [0.717, 1.165) is 31.6 Å². The number of hydrogen-bond acceptors (Lipinski definition) is 4. The Bertz CT molecular complexity index is 403. The lowest BCUT2D eigenvalue weighted by molar-refractivity contribution is 0.122. The van der Waals surface area contributed by atoms with Crippen LogP contribution in [0.3, 0.4) is 0 Å². The summed E-state index contributed by atoms with van der Waals surface area (Å²) in [6.07, 6.45) is 1.27. The molecule has 2 atom stereocenters. The standard InChI is InChI=1S/C15H22N2OS/c1-12-10-14(11-19-12)16-13-2-4-15(5-3-13)17-6-8-18-9-7-17/h2-5,12,14,16H,6-11H2,1H3. The molecular weight excluding hydrogens is 256 g/mol. The van der Waals surface area contributed by atoms with E-state index in [0.29, 0.717) is 6.04 Å². The Balaban J connectivity index is 1.59. The highest BCUT2D eigenvalue weighted by Crippen LogP contribution is 2.28. The monoisotopic (exact) mass is 278 g/mol. The van der Waals surface area contributed by atoms with E-state index in [1.807, 2.05) is 0 Å². The molecule has 104 valence electrons. The summed E-state index contributed by atoms with van der Waals surface area (Å²) in [5, 5.41) is 4.43. The summed E-state index contributed by atoms with van der Waals surface area (Å²) < 4.78 is 5.39. The average molecular weight is 278 g/mol. The summed E-state index contributed by atoms with van der Waals surface area (Å²) in [5.74, 6) is 1.23.